The third-order valence-corrected chi connectivity index (χ3v) is 3.77. The van der Waals surface area contributed by atoms with Crippen molar-refractivity contribution in [1.82, 2.24) is 4.98 Å². The summed E-state index contributed by atoms with van der Waals surface area (Å²) in [5.74, 6) is -0.587. The van der Waals surface area contributed by atoms with E-state index in [0.29, 0.717) is 29.6 Å². The number of methoxy groups -OCH3 is 1. The molecule has 0 aliphatic heterocycles. The van der Waals surface area contributed by atoms with Crippen LogP contribution in [0.15, 0.2) is 29.6 Å². The Morgan fingerprint density at radius 2 is 2.09 bits per heavy atom. The van der Waals surface area contributed by atoms with Crippen LogP contribution in [0.5, 0.6) is 0 Å². The molecule has 122 valence electrons. The number of benzene rings is 1. The second kappa shape index (κ2) is 8.40. The first kappa shape index (κ1) is 17.1. The van der Waals surface area contributed by atoms with Crippen LogP contribution in [0.3, 0.4) is 0 Å². The predicted molar refractivity (Wildman–Crippen MR) is 87.6 cm³/mol. The third kappa shape index (κ3) is 4.87. The van der Waals surface area contributed by atoms with E-state index in [-0.39, 0.29) is 18.3 Å². The van der Waals surface area contributed by atoms with Gasteiger partial charge in [0.15, 0.2) is 5.13 Å². The molecular formula is C16H18N2O4S. The summed E-state index contributed by atoms with van der Waals surface area (Å²) < 4.78 is 9.97. The van der Waals surface area contributed by atoms with Gasteiger partial charge in [0.2, 0.25) is 0 Å². The van der Waals surface area contributed by atoms with Crippen molar-refractivity contribution in [3.05, 3.63) is 46.5 Å². The minimum absolute atomic E-state index is 0.0977. The first-order valence-electron chi connectivity index (χ1n) is 7.12. The third-order valence-electron chi connectivity index (χ3n) is 2.96. The zero-order chi connectivity index (χ0) is 16.7. The first-order chi connectivity index (χ1) is 11.1. The van der Waals surface area contributed by atoms with Gasteiger partial charge in [-0.1, -0.05) is 18.2 Å². The second-order valence-electron chi connectivity index (χ2n) is 4.67. The Balaban J connectivity index is 2.04. The van der Waals surface area contributed by atoms with Gasteiger partial charge in [0.05, 0.1) is 25.3 Å². The first-order valence-corrected chi connectivity index (χ1v) is 8.00. The fraction of sp³-hybridized carbons (Fsp3) is 0.312. The number of anilines is 1. The number of nitrogens with zero attached hydrogens (tertiary/aromatic N) is 1. The highest BCUT2D eigenvalue weighted by Gasteiger charge is 2.14. The summed E-state index contributed by atoms with van der Waals surface area (Å²) in [6, 6.07) is 7.22. The zero-order valence-corrected chi connectivity index (χ0v) is 13.8. The molecule has 0 saturated heterocycles. The van der Waals surface area contributed by atoms with E-state index in [9.17, 15) is 9.59 Å². The molecule has 1 heterocycles. The number of thiazole rings is 1. The molecule has 1 N–H and O–H groups in total. The standard InChI is InChI=1S/C16H18N2O4S/c1-3-22-14(19)8-12-10-23-16(17-12)18-15(20)13-7-5-4-6-11(13)9-21-2/h4-7,10H,3,8-9H2,1-2H3,(H,17,18,20). The molecular weight excluding hydrogens is 316 g/mol. The molecule has 1 aromatic heterocycles. The number of esters is 1. The second-order valence-corrected chi connectivity index (χ2v) is 5.53. The summed E-state index contributed by atoms with van der Waals surface area (Å²) in [6.45, 7) is 2.44. The van der Waals surface area contributed by atoms with Crippen molar-refractivity contribution in [2.75, 3.05) is 19.0 Å². The average Bonchev–Trinajstić information content (AvgIpc) is 2.95. The summed E-state index contributed by atoms with van der Waals surface area (Å²) in [4.78, 5) is 28.0. The van der Waals surface area contributed by atoms with Crippen LogP contribution in [0, 0.1) is 0 Å². The molecule has 0 aliphatic carbocycles. The highest BCUT2D eigenvalue weighted by molar-refractivity contribution is 7.14. The smallest absolute Gasteiger partial charge is 0.311 e. The Morgan fingerprint density at radius 1 is 1.30 bits per heavy atom. The van der Waals surface area contributed by atoms with Gasteiger partial charge >= 0.3 is 5.97 Å². The quantitative estimate of drug-likeness (QED) is 0.788. The van der Waals surface area contributed by atoms with E-state index in [2.05, 4.69) is 10.3 Å². The van der Waals surface area contributed by atoms with Crippen molar-refractivity contribution in [1.29, 1.82) is 0 Å². The zero-order valence-electron chi connectivity index (χ0n) is 13.0. The number of carbonyl (C=O) groups excluding carboxylic acids is 2. The minimum atomic E-state index is -0.332. The number of hydrogen-bond acceptors (Lipinski definition) is 6. The summed E-state index contributed by atoms with van der Waals surface area (Å²) >= 11 is 1.27. The molecule has 0 saturated carbocycles. The molecule has 0 fully saturated rings. The van der Waals surface area contributed by atoms with Crippen LogP contribution < -0.4 is 5.32 Å². The van der Waals surface area contributed by atoms with Crippen molar-refractivity contribution < 1.29 is 19.1 Å². The van der Waals surface area contributed by atoms with E-state index < -0.39 is 0 Å². The van der Waals surface area contributed by atoms with Gasteiger partial charge < -0.3 is 9.47 Å². The lowest BCUT2D eigenvalue weighted by atomic mass is 10.1. The molecule has 0 atom stereocenters. The molecule has 0 spiro atoms. The van der Waals surface area contributed by atoms with Crippen molar-refractivity contribution >= 4 is 28.3 Å². The monoisotopic (exact) mass is 334 g/mol. The minimum Gasteiger partial charge on any atom is -0.466 e. The largest absolute Gasteiger partial charge is 0.466 e. The Morgan fingerprint density at radius 3 is 2.83 bits per heavy atom. The highest BCUT2D eigenvalue weighted by atomic mass is 32.1. The van der Waals surface area contributed by atoms with Crippen LogP contribution in [0.1, 0.15) is 28.5 Å². The van der Waals surface area contributed by atoms with Crippen molar-refractivity contribution in [3.8, 4) is 0 Å². The maximum Gasteiger partial charge on any atom is 0.311 e. The molecule has 7 heteroatoms. The molecule has 6 nitrogen and oxygen atoms in total. The molecule has 0 unspecified atom stereocenters. The number of hydrogen-bond donors (Lipinski definition) is 1. The number of ether oxygens (including phenoxy) is 2. The van der Waals surface area contributed by atoms with E-state index in [1.54, 1.807) is 31.5 Å². The fourth-order valence-corrected chi connectivity index (χ4v) is 2.70. The van der Waals surface area contributed by atoms with Crippen LogP contribution >= 0.6 is 11.3 Å². The Hall–Kier alpha value is -2.25. The van der Waals surface area contributed by atoms with Crippen molar-refractivity contribution in [3.63, 3.8) is 0 Å². The normalized spacial score (nSPS) is 10.3. The van der Waals surface area contributed by atoms with Gasteiger partial charge in [0, 0.05) is 18.1 Å². The van der Waals surface area contributed by atoms with E-state index in [0.717, 1.165) is 5.56 Å². The maximum atomic E-state index is 12.4. The van der Waals surface area contributed by atoms with Crippen LogP contribution in [-0.2, 0) is 27.3 Å². The van der Waals surface area contributed by atoms with Gasteiger partial charge in [-0.3, -0.25) is 14.9 Å². The van der Waals surface area contributed by atoms with Crippen LogP contribution in [0.4, 0.5) is 5.13 Å². The summed E-state index contributed by atoms with van der Waals surface area (Å²) in [5.41, 5.74) is 1.92. The van der Waals surface area contributed by atoms with Gasteiger partial charge in [-0.25, -0.2) is 4.98 Å². The number of aromatic nitrogens is 1. The Kier molecular flexibility index (Phi) is 6.25. The van der Waals surface area contributed by atoms with E-state index in [4.69, 9.17) is 9.47 Å². The fourth-order valence-electron chi connectivity index (χ4n) is 1.99. The van der Waals surface area contributed by atoms with Gasteiger partial charge in [-0.2, -0.15) is 0 Å². The van der Waals surface area contributed by atoms with E-state index in [1.807, 2.05) is 12.1 Å². The Labute approximate surface area is 138 Å². The van der Waals surface area contributed by atoms with Crippen LogP contribution in [0.2, 0.25) is 0 Å². The van der Waals surface area contributed by atoms with Gasteiger partial charge in [0.25, 0.3) is 5.91 Å². The van der Waals surface area contributed by atoms with E-state index >= 15 is 0 Å². The predicted octanol–water partition coefficient (Wildman–Crippen LogP) is 2.65. The lowest BCUT2D eigenvalue weighted by Crippen LogP contribution is -2.14. The van der Waals surface area contributed by atoms with Crippen LogP contribution in [-0.4, -0.2) is 30.6 Å². The maximum absolute atomic E-state index is 12.4. The van der Waals surface area contributed by atoms with E-state index in [1.165, 1.54) is 11.3 Å². The number of rotatable bonds is 7. The van der Waals surface area contributed by atoms with Gasteiger partial charge in [-0.15, -0.1) is 11.3 Å². The molecule has 0 bridgehead atoms. The van der Waals surface area contributed by atoms with Crippen molar-refractivity contribution in [2.24, 2.45) is 0 Å². The number of amides is 1. The number of carbonyl (C=O) groups is 2. The summed E-state index contributed by atoms with van der Waals surface area (Å²) in [7, 11) is 1.58. The average molecular weight is 334 g/mol. The summed E-state index contributed by atoms with van der Waals surface area (Å²) in [5, 5.41) is 4.92. The Bertz CT molecular complexity index is 684. The molecule has 0 aliphatic rings. The van der Waals surface area contributed by atoms with Gasteiger partial charge in [-0.05, 0) is 18.6 Å². The van der Waals surface area contributed by atoms with Gasteiger partial charge in [0.1, 0.15) is 0 Å². The highest BCUT2D eigenvalue weighted by Crippen LogP contribution is 2.18. The molecule has 1 amide bonds. The molecule has 2 aromatic rings. The lowest BCUT2D eigenvalue weighted by Gasteiger charge is -2.07. The molecule has 1 aromatic carbocycles. The van der Waals surface area contributed by atoms with Crippen LogP contribution in [0.25, 0.3) is 0 Å². The summed E-state index contributed by atoms with van der Waals surface area (Å²) in [6.07, 6.45) is 0.0977. The molecule has 23 heavy (non-hydrogen) atoms. The SMILES string of the molecule is CCOC(=O)Cc1csc(NC(=O)c2ccccc2COC)n1. The lowest BCUT2D eigenvalue weighted by molar-refractivity contribution is -0.142. The molecule has 0 radical (unpaired) electrons. The number of nitrogens with one attached hydrogen (secondary N) is 1. The topological polar surface area (TPSA) is 77.5 Å². The molecule has 2 rings (SSSR count). The van der Waals surface area contributed by atoms with Crippen molar-refractivity contribution in [2.45, 2.75) is 20.0 Å².